The van der Waals surface area contributed by atoms with Gasteiger partial charge in [-0.15, -0.1) is 10.2 Å². The van der Waals surface area contributed by atoms with Gasteiger partial charge in [0.05, 0.1) is 10.6 Å². The highest BCUT2D eigenvalue weighted by Crippen LogP contribution is 2.32. The summed E-state index contributed by atoms with van der Waals surface area (Å²) >= 11 is 0. The van der Waals surface area contributed by atoms with Crippen molar-refractivity contribution >= 4 is 22.8 Å². The van der Waals surface area contributed by atoms with Crippen LogP contribution in [0.2, 0.25) is 0 Å². The molecule has 23 heavy (non-hydrogen) atoms. The van der Waals surface area contributed by atoms with Gasteiger partial charge in [0, 0.05) is 18.3 Å². The van der Waals surface area contributed by atoms with E-state index in [-0.39, 0.29) is 17.1 Å². The molecule has 1 N–H and O–H groups in total. The summed E-state index contributed by atoms with van der Waals surface area (Å²) in [4.78, 5) is 14.6. The second kappa shape index (κ2) is 5.48. The standard InChI is InChI=1S/C15H13N5O3/c1-9-5-6-19-14(7-9)16-10(2)15(19)18-17-12-8-11(20(22)23)3-4-13(12)21/h3-8,21H,1-2H3. The molecule has 0 fully saturated rings. The van der Waals surface area contributed by atoms with Gasteiger partial charge in [0.2, 0.25) is 0 Å². The van der Waals surface area contributed by atoms with Crippen molar-refractivity contribution in [3.8, 4) is 5.75 Å². The number of phenolic OH excluding ortho intramolecular Hbond substituents is 1. The number of hydrogen-bond donors (Lipinski definition) is 1. The first-order valence-electron chi connectivity index (χ1n) is 6.80. The highest BCUT2D eigenvalue weighted by Gasteiger charge is 2.11. The van der Waals surface area contributed by atoms with Crippen LogP contribution in [0.25, 0.3) is 5.65 Å². The Labute approximate surface area is 130 Å². The number of pyridine rings is 1. The topological polar surface area (TPSA) is 105 Å². The lowest BCUT2D eigenvalue weighted by molar-refractivity contribution is -0.384. The maximum atomic E-state index is 10.8. The van der Waals surface area contributed by atoms with Gasteiger partial charge in [-0.2, -0.15) is 0 Å². The van der Waals surface area contributed by atoms with Gasteiger partial charge in [0.15, 0.2) is 5.82 Å². The minimum Gasteiger partial charge on any atom is -0.506 e. The molecular weight excluding hydrogens is 298 g/mol. The van der Waals surface area contributed by atoms with Gasteiger partial charge < -0.3 is 5.11 Å². The number of non-ortho nitro benzene ring substituents is 1. The van der Waals surface area contributed by atoms with E-state index in [1.807, 2.05) is 25.3 Å². The molecule has 3 rings (SSSR count). The maximum Gasteiger partial charge on any atom is 0.271 e. The second-order valence-electron chi connectivity index (χ2n) is 5.08. The molecule has 3 aromatic rings. The number of aryl methyl sites for hydroxylation is 2. The predicted octanol–water partition coefficient (Wildman–Crippen LogP) is 3.98. The highest BCUT2D eigenvalue weighted by atomic mass is 16.6. The van der Waals surface area contributed by atoms with Crippen molar-refractivity contribution < 1.29 is 10.0 Å². The van der Waals surface area contributed by atoms with Crippen LogP contribution in [0, 0.1) is 24.0 Å². The van der Waals surface area contributed by atoms with Crippen molar-refractivity contribution in [2.45, 2.75) is 13.8 Å². The molecular formula is C15H13N5O3. The molecule has 116 valence electrons. The average Bonchev–Trinajstić information content (AvgIpc) is 2.80. The van der Waals surface area contributed by atoms with E-state index in [0.29, 0.717) is 11.5 Å². The van der Waals surface area contributed by atoms with Gasteiger partial charge in [0.1, 0.15) is 17.1 Å². The van der Waals surface area contributed by atoms with E-state index in [9.17, 15) is 15.2 Å². The van der Waals surface area contributed by atoms with Gasteiger partial charge in [0.25, 0.3) is 5.69 Å². The second-order valence-corrected chi connectivity index (χ2v) is 5.08. The molecule has 0 atom stereocenters. The van der Waals surface area contributed by atoms with E-state index in [2.05, 4.69) is 15.2 Å². The Balaban J connectivity index is 2.05. The average molecular weight is 311 g/mol. The van der Waals surface area contributed by atoms with Crippen LogP contribution in [0.15, 0.2) is 46.8 Å². The van der Waals surface area contributed by atoms with E-state index >= 15 is 0 Å². The van der Waals surface area contributed by atoms with Crippen molar-refractivity contribution in [1.82, 2.24) is 9.38 Å². The summed E-state index contributed by atoms with van der Waals surface area (Å²) in [6.07, 6.45) is 1.83. The minimum absolute atomic E-state index is 0.0284. The number of rotatable bonds is 3. The Hall–Kier alpha value is -3.29. The molecule has 0 saturated heterocycles. The Morgan fingerprint density at radius 3 is 2.74 bits per heavy atom. The molecule has 0 radical (unpaired) electrons. The van der Waals surface area contributed by atoms with E-state index in [1.54, 1.807) is 11.3 Å². The number of nitrogens with zero attached hydrogens (tertiary/aromatic N) is 5. The summed E-state index contributed by atoms with van der Waals surface area (Å²) < 4.78 is 1.76. The molecule has 0 amide bonds. The number of aromatic nitrogens is 2. The zero-order valence-corrected chi connectivity index (χ0v) is 12.5. The fourth-order valence-corrected chi connectivity index (χ4v) is 2.18. The Morgan fingerprint density at radius 1 is 1.22 bits per heavy atom. The molecule has 8 heteroatoms. The van der Waals surface area contributed by atoms with Crippen molar-refractivity contribution in [1.29, 1.82) is 0 Å². The molecule has 2 heterocycles. The van der Waals surface area contributed by atoms with Crippen LogP contribution >= 0.6 is 0 Å². The predicted molar refractivity (Wildman–Crippen MR) is 83.6 cm³/mol. The maximum absolute atomic E-state index is 10.8. The van der Waals surface area contributed by atoms with E-state index in [0.717, 1.165) is 11.2 Å². The lowest BCUT2D eigenvalue weighted by Gasteiger charge is -1.99. The first kappa shape index (κ1) is 14.6. The molecule has 1 aromatic carbocycles. The molecule has 0 aliphatic heterocycles. The third-order valence-electron chi connectivity index (χ3n) is 3.35. The fraction of sp³-hybridized carbons (Fsp3) is 0.133. The lowest BCUT2D eigenvalue weighted by Crippen LogP contribution is -1.86. The number of aromatic hydroxyl groups is 1. The van der Waals surface area contributed by atoms with Crippen molar-refractivity contribution in [3.63, 3.8) is 0 Å². The normalized spacial score (nSPS) is 11.4. The van der Waals surface area contributed by atoms with Crippen LogP contribution in [0.5, 0.6) is 5.75 Å². The quantitative estimate of drug-likeness (QED) is 0.448. The van der Waals surface area contributed by atoms with Crippen LogP contribution in [-0.2, 0) is 0 Å². The van der Waals surface area contributed by atoms with Gasteiger partial charge in [-0.3, -0.25) is 14.5 Å². The molecule has 0 bridgehead atoms. The molecule has 0 spiro atoms. The van der Waals surface area contributed by atoms with E-state index in [4.69, 9.17) is 0 Å². The Kier molecular flexibility index (Phi) is 3.49. The molecule has 8 nitrogen and oxygen atoms in total. The molecule has 0 aliphatic rings. The molecule has 0 aliphatic carbocycles. The summed E-state index contributed by atoms with van der Waals surface area (Å²) in [5, 5.41) is 28.6. The van der Waals surface area contributed by atoms with Crippen LogP contribution in [-0.4, -0.2) is 19.4 Å². The van der Waals surface area contributed by atoms with Crippen molar-refractivity contribution in [2.24, 2.45) is 10.2 Å². The third kappa shape index (κ3) is 2.73. The van der Waals surface area contributed by atoms with Crippen LogP contribution < -0.4 is 0 Å². The van der Waals surface area contributed by atoms with Gasteiger partial charge >= 0.3 is 0 Å². The van der Waals surface area contributed by atoms with Crippen LogP contribution in [0.1, 0.15) is 11.3 Å². The zero-order valence-electron chi connectivity index (χ0n) is 12.5. The number of imidazole rings is 1. The van der Waals surface area contributed by atoms with Crippen LogP contribution in [0.4, 0.5) is 17.2 Å². The van der Waals surface area contributed by atoms with Gasteiger partial charge in [-0.25, -0.2) is 4.98 Å². The Bertz CT molecular complexity index is 946. The molecule has 0 saturated carbocycles. The minimum atomic E-state index is -0.555. The van der Waals surface area contributed by atoms with Crippen molar-refractivity contribution in [2.75, 3.05) is 0 Å². The summed E-state index contributed by atoms with van der Waals surface area (Å²) in [7, 11) is 0. The number of azo groups is 1. The fourth-order valence-electron chi connectivity index (χ4n) is 2.18. The number of nitro groups is 1. The van der Waals surface area contributed by atoms with Gasteiger partial charge in [-0.05, 0) is 37.6 Å². The summed E-state index contributed by atoms with van der Waals surface area (Å²) in [6, 6.07) is 7.42. The van der Waals surface area contributed by atoms with Gasteiger partial charge in [-0.1, -0.05) is 0 Å². The summed E-state index contributed by atoms with van der Waals surface area (Å²) in [6.45, 7) is 3.76. The largest absolute Gasteiger partial charge is 0.506 e. The van der Waals surface area contributed by atoms with Crippen molar-refractivity contribution in [3.05, 3.63) is 57.9 Å². The van der Waals surface area contributed by atoms with E-state index in [1.165, 1.54) is 18.2 Å². The Morgan fingerprint density at radius 2 is 2.00 bits per heavy atom. The number of benzene rings is 1. The van der Waals surface area contributed by atoms with E-state index < -0.39 is 4.92 Å². The number of nitro benzene ring substituents is 1. The molecule has 2 aromatic heterocycles. The third-order valence-corrected chi connectivity index (χ3v) is 3.35. The zero-order chi connectivity index (χ0) is 16.6. The lowest BCUT2D eigenvalue weighted by atomic mass is 10.2. The molecule has 0 unspecified atom stereocenters. The first-order valence-corrected chi connectivity index (χ1v) is 6.80. The number of hydrogen-bond acceptors (Lipinski definition) is 6. The number of fused-ring (bicyclic) bond motifs is 1. The smallest absolute Gasteiger partial charge is 0.271 e. The number of phenols is 1. The monoisotopic (exact) mass is 311 g/mol. The first-order chi connectivity index (χ1) is 11.0. The van der Waals surface area contributed by atoms with Crippen LogP contribution in [0.3, 0.4) is 0 Å². The highest BCUT2D eigenvalue weighted by molar-refractivity contribution is 5.57. The SMILES string of the molecule is Cc1ccn2c(N=Nc3cc([N+](=O)[O-])ccc3O)c(C)nc2c1. The summed E-state index contributed by atoms with van der Waals surface area (Å²) in [5.41, 5.74) is 2.34. The summed E-state index contributed by atoms with van der Waals surface area (Å²) in [5.74, 6) is 0.326.